The van der Waals surface area contributed by atoms with Crippen LogP contribution < -0.4 is 14.5 Å². The minimum atomic E-state index is -1.01. The number of halogens is 1. The third-order valence-corrected chi connectivity index (χ3v) is 6.47. The van der Waals surface area contributed by atoms with Crippen LogP contribution in [0.15, 0.2) is 78.9 Å². The number of para-hydroxylation sites is 2. The first-order valence-electron chi connectivity index (χ1n) is 11.9. The van der Waals surface area contributed by atoms with Gasteiger partial charge in [-0.25, -0.2) is 4.79 Å². The molecule has 1 saturated heterocycles. The molecular weight excluding hydrogens is 478 g/mol. The number of nitrogens with zero attached hydrogens (tertiary/aromatic N) is 3. The number of methoxy groups -OCH3 is 1. The third-order valence-electron chi connectivity index (χ3n) is 6.47. The zero-order valence-electron chi connectivity index (χ0n) is 20.5. The van der Waals surface area contributed by atoms with E-state index in [4.69, 9.17) is 4.74 Å². The number of amides is 1. The lowest BCUT2D eigenvalue weighted by Gasteiger charge is -2.43. The largest absolute Gasteiger partial charge is 0.495 e. The molecule has 4 rings (SSSR count). The molecule has 36 heavy (non-hydrogen) atoms. The summed E-state index contributed by atoms with van der Waals surface area (Å²) >= 11 is 0. The van der Waals surface area contributed by atoms with Crippen molar-refractivity contribution in [3.05, 3.63) is 90.0 Å². The van der Waals surface area contributed by atoms with Crippen molar-refractivity contribution in [2.45, 2.75) is 19.5 Å². The quantitative estimate of drug-likeness (QED) is 0.410. The number of anilines is 2. The SMILES string of the molecule is CCC(N1CCN(c2ccccc2OC)CC1)N(C(=O)O)c1ccc(C(=O)c2ccccc2)cc1.Cl. The summed E-state index contributed by atoms with van der Waals surface area (Å²) in [5.74, 6) is 0.754. The summed E-state index contributed by atoms with van der Waals surface area (Å²) in [6, 6.07) is 23.9. The second-order valence-electron chi connectivity index (χ2n) is 8.48. The Labute approximate surface area is 218 Å². The Morgan fingerprint density at radius 2 is 1.47 bits per heavy atom. The van der Waals surface area contributed by atoms with Crippen LogP contribution in [0.1, 0.15) is 29.3 Å². The minimum Gasteiger partial charge on any atom is -0.495 e. The van der Waals surface area contributed by atoms with Gasteiger partial charge in [0, 0.05) is 43.0 Å². The van der Waals surface area contributed by atoms with Crippen LogP contribution in [0, 0.1) is 0 Å². The molecule has 3 aromatic rings. The van der Waals surface area contributed by atoms with Gasteiger partial charge < -0.3 is 14.7 Å². The van der Waals surface area contributed by atoms with Gasteiger partial charge in [0.1, 0.15) is 5.75 Å². The van der Waals surface area contributed by atoms with E-state index >= 15 is 0 Å². The molecule has 0 bridgehead atoms. The molecule has 1 fully saturated rings. The average molecular weight is 510 g/mol. The number of hydrogen-bond acceptors (Lipinski definition) is 5. The molecule has 1 heterocycles. The molecule has 1 aliphatic rings. The summed E-state index contributed by atoms with van der Waals surface area (Å²) in [6.07, 6.45) is -0.666. The lowest BCUT2D eigenvalue weighted by molar-refractivity contribution is 0.103. The van der Waals surface area contributed by atoms with Crippen molar-refractivity contribution >= 4 is 35.7 Å². The number of piperazine rings is 1. The van der Waals surface area contributed by atoms with E-state index in [1.165, 1.54) is 4.90 Å². The van der Waals surface area contributed by atoms with Crippen molar-refractivity contribution in [3.8, 4) is 5.75 Å². The zero-order chi connectivity index (χ0) is 24.8. The van der Waals surface area contributed by atoms with E-state index in [2.05, 4.69) is 9.80 Å². The van der Waals surface area contributed by atoms with Crippen molar-refractivity contribution in [1.29, 1.82) is 0 Å². The van der Waals surface area contributed by atoms with Gasteiger partial charge in [0.15, 0.2) is 5.78 Å². The van der Waals surface area contributed by atoms with Crippen LogP contribution in [0.2, 0.25) is 0 Å². The number of hydrogen-bond donors (Lipinski definition) is 1. The molecule has 3 aromatic carbocycles. The molecule has 0 saturated carbocycles. The molecule has 8 heteroatoms. The maximum atomic E-state index is 12.7. The Hall–Kier alpha value is -3.55. The first-order valence-corrected chi connectivity index (χ1v) is 11.9. The van der Waals surface area contributed by atoms with Crippen LogP contribution in [0.3, 0.4) is 0 Å². The fourth-order valence-electron chi connectivity index (χ4n) is 4.70. The summed E-state index contributed by atoms with van der Waals surface area (Å²) in [6.45, 7) is 5.00. The second kappa shape index (κ2) is 12.4. The van der Waals surface area contributed by atoms with Gasteiger partial charge in [-0.2, -0.15) is 0 Å². The number of benzene rings is 3. The molecular formula is C28H32ClN3O4. The molecule has 0 radical (unpaired) electrons. The normalized spacial score (nSPS) is 14.4. The Balaban J connectivity index is 0.00000361. The lowest BCUT2D eigenvalue weighted by Crippen LogP contribution is -2.57. The highest BCUT2D eigenvalue weighted by molar-refractivity contribution is 6.09. The molecule has 1 aliphatic heterocycles. The zero-order valence-corrected chi connectivity index (χ0v) is 21.4. The lowest BCUT2D eigenvalue weighted by atomic mass is 10.0. The first-order chi connectivity index (χ1) is 17.0. The maximum absolute atomic E-state index is 12.7. The van der Waals surface area contributed by atoms with Crippen LogP contribution in [-0.2, 0) is 0 Å². The monoisotopic (exact) mass is 509 g/mol. The Morgan fingerprint density at radius 3 is 2.06 bits per heavy atom. The standard InChI is InChI=1S/C28H31N3O4.ClH/c1-3-26(30-19-17-29(18-20-30)24-11-7-8-12-25(24)35-2)31(28(33)34)23-15-13-22(14-16-23)27(32)21-9-5-4-6-10-21;/h4-16,26H,3,17-20H2,1-2H3,(H,33,34);1H. The third kappa shape index (κ3) is 5.80. The number of carbonyl (C=O) groups excluding carboxylic acids is 1. The summed E-state index contributed by atoms with van der Waals surface area (Å²) in [7, 11) is 1.67. The Morgan fingerprint density at radius 1 is 0.889 bits per heavy atom. The second-order valence-corrected chi connectivity index (χ2v) is 8.48. The van der Waals surface area contributed by atoms with Crippen molar-refractivity contribution < 1.29 is 19.4 Å². The van der Waals surface area contributed by atoms with Gasteiger partial charge in [-0.3, -0.25) is 14.6 Å². The number of ether oxygens (including phenoxy) is 1. The Bertz CT molecular complexity index is 1150. The van der Waals surface area contributed by atoms with Crippen LogP contribution in [0.25, 0.3) is 0 Å². The van der Waals surface area contributed by atoms with E-state index in [0.29, 0.717) is 23.2 Å². The van der Waals surface area contributed by atoms with Crippen LogP contribution in [0.4, 0.5) is 16.2 Å². The smallest absolute Gasteiger partial charge is 0.413 e. The molecule has 1 amide bonds. The summed E-state index contributed by atoms with van der Waals surface area (Å²) in [5, 5.41) is 10.1. The van der Waals surface area contributed by atoms with Crippen molar-refractivity contribution in [1.82, 2.24) is 4.90 Å². The predicted octanol–water partition coefficient (Wildman–Crippen LogP) is 5.39. The van der Waals surface area contributed by atoms with E-state index < -0.39 is 6.09 Å². The van der Waals surface area contributed by atoms with Gasteiger partial charge in [-0.05, 0) is 42.8 Å². The molecule has 0 aromatic heterocycles. The van der Waals surface area contributed by atoms with Gasteiger partial charge in [0.05, 0.1) is 19.0 Å². The molecule has 1 atom stereocenters. The van der Waals surface area contributed by atoms with Gasteiger partial charge >= 0.3 is 6.09 Å². The van der Waals surface area contributed by atoms with Gasteiger partial charge in [0.2, 0.25) is 0 Å². The highest BCUT2D eigenvalue weighted by Crippen LogP contribution is 2.30. The van der Waals surface area contributed by atoms with Crippen LogP contribution in [0.5, 0.6) is 5.75 Å². The van der Waals surface area contributed by atoms with Gasteiger partial charge in [-0.1, -0.05) is 49.4 Å². The number of carbonyl (C=O) groups is 2. The van der Waals surface area contributed by atoms with Crippen LogP contribution in [-0.4, -0.2) is 61.3 Å². The maximum Gasteiger partial charge on any atom is 0.413 e. The minimum absolute atomic E-state index is 0. The molecule has 1 N–H and O–H groups in total. The van der Waals surface area contributed by atoms with Gasteiger partial charge in [-0.15, -0.1) is 12.4 Å². The fraction of sp³-hybridized carbons (Fsp3) is 0.286. The van der Waals surface area contributed by atoms with Crippen molar-refractivity contribution in [3.63, 3.8) is 0 Å². The molecule has 0 aliphatic carbocycles. The number of rotatable bonds is 8. The summed E-state index contributed by atoms with van der Waals surface area (Å²) in [4.78, 5) is 31.0. The number of carboxylic acid groups (broad SMARTS) is 1. The summed E-state index contributed by atoms with van der Waals surface area (Å²) in [5.41, 5.74) is 2.75. The van der Waals surface area contributed by atoms with Crippen LogP contribution >= 0.6 is 12.4 Å². The van der Waals surface area contributed by atoms with E-state index in [1.54, 1.807) is 43.5 Å². The molecule has 190 valence electrons. The van der Waals surface area contributed by atoms with Crippen molar-refractivity contribution in [2.24, 2.45) is 0 Å². The highest BCUT2D eigenvalue weighted by atomic mass is 35.5. The van der Waals surface area contributed by atoms with E-state index in [1.807, 2.05) is 49.4 Å². The average Bonchev–Trinajstić information content (AvgIpc) is 2.92. The van der Waals surface area contributed by atoms with E-state index in [0.717, 1.165) is 37.6 Å². The molecule has 1 unspecified atom stereocenters. The van der Waals surface area contributed by atoms with E-state index in [9.17, 15) is 14.7 Å². The van der Waals surface area contributed by atoms with Gasteiger partial charge in [0.25, 0.3) is 0 Å². The Kier molecular flexibility index (Phi) is 9.33. The van der Waals surface area contributed by atoms with Crippen molar-refractivity contribution in [2.75, 3.05) is 43.1 Å². The fourth-order valence-corrected chi connectivity index (χ4v) is 4.70. The molecule has 0 spiro atoms. The highest BCUT2D eigenvalue weighted by Gasteiger charge is 2.32. The first kappa shape index (κ1) is 27.0. The predicted molar refractivity (Wildman–Crippen MR) is 145 cm³/mol. The topological polar surface area (TPSA) is 73.3 Å². The van der Waals surface area contributed by atoms with E-state index in [-0.39, 0.29) is 24.4 Å². The molecule has 7 nitrogen and oxygen atoms in total. The number of ketones is 1. The summed E-state index contributed by atoms with van der Waals surface area (Å²) < 4.78 is 5.51.